The van der Waals surface area contributed by atoms with E-state index in [9.17, 15) is 9.59 Å². The fourth-order valence-electron chi connectivity index (χ4n) is 0.747. The molecule has 0 radical (unpaired) electrons. The van der Waals surface area contributed by atoms with Gasteiger partial charge < -0.3 is 9.84 Å². The summed E-state index contributed by atoms with van der Waals surface area (Å²) in [5.41, 5.74) is -0.370. The molecule has 1 heterocycles. The second-order valence-electron chi connectivity index (χ2n) is 2.32. The second-order valence-corrected chi connectivity index (χ2v) is 2.32. The van der Waals surface area contributed by atoms with Crippen LogP contribution in [0.15, 0.2) is 15.4 Å². The molecule has 1 N–H and O–H groups in total. The predicted octanol–water partition coefficient (Wildman–Crippen LogP) is -0.659. The maximum Gasteiger partial charge on any atom is 0.290 e. The van der Waals surface area contributed by atoms with Crippen LogP contribution in [-0.4, -0.2) is 17.2 Å². The van der Waals surface area contributed by atoms with Crippen molar-refractivity contribution < 1.29 is 9.32 Å². The predicted molar refractivity (Wildman–Crippen MR) is 45.1 cm³/mol. The normalized spacial score (nSPS) is 9.23. The first-order valence-corrected chi connectivity index (χ1v) is 3.54. The van der Waals surface area contributed by atoms with Crippen LogP contribution in [0.3, 0.4) is 0 Å². The van der Waals surface area contributed by atoms with Crippen molar-refractivity contribution in [2.45, 2.75) is 0 Å². The summed E-state index contributed by atoms with van der Waals surface area (Å²) in [6, 6.07) is 1.10. The van der Waals surface area contributed by atoms with Crippen LogP contribution >= 0.6 is 0 Å². The topological polar surface area (TPSA) is 64.2 Å². The standard InChI is InChI=1S/C8H8N2O3/c1-3-4-9-8(12)6-5-7(11)10(2)13-6/h1,5H,4H2,2H3,(H,9,12). The summed E-state index contributed by atoms with van der Waals surface area (Å²) in [5, 5.41) is 2.37. The third-order valence-electron chi connectivity index (χ3n) is 1.38. The number of carbonyl (C=O) groups excluding carboxylic acids is 1. The van der Waals surface area contributed by atoms with Gasteiger partial charge in [-0.3, -0.25) is 9.59 Å². The van der Waals surface area contributed by atoms with Crippen molar-refractivity contribution in [2.24, 2.45) is 7.05 Å². The molecule has 1 amide bonds. The van der Waals surface area contributed by atoms with Crippen LogP contribution in [0.4, 0.5) is 0 Å². The third-order valence-corrected chi connectivity index (χ3v) is 1.38. The Kier molecular flexibility index (Phi) is 2.55. The van der Waals surface area contributed by atoms with Crippen LogP contribution in [-0.2, 0) is 7.05 Å². The fourth-order valence-corrected chi connectivity index (χ4v) is 0.747. The number of aromatic nitrogens is 1. The maximum absolute atomic E-state index is 11.1. The first-order valence-electron chi connectivity index (χ1n) is 3.54. The van der Waals surface area contributed by atoms with E-state index in [0.29, 0.717) is 0 Å². The van der Waals surface area contributed by atoms with Crippen molar-refractivity contribution in [3.8, 4) is 12.3 Å². The summed E-state index contributed by atoms with van der Waals surface area (Å²) in [6.45, 7) is 0.109. The Morgan fingerprint density at radius 3 is 3.00 bits per heavy atom. The molecule has 0 aliphatic heterocycles. The molecule has 0 spiro atoms. The molecule has 1 aromatic heterocycles. The Morgan fingerprint density at radius 2 is 2.54 bits per heavy atom. The zero-order valence-electron chi connectivity index (χ0n) is 7.03. The van der Waals surface area contributed by atoms with Gasteiger partial charge in [-0.05, 0) is 0 Å². The SMILES string of the molecule is C#CCNC(=O)c1cc(=O)n(C)o1. The van der Waals surface area contributed by atoms with Gasteiger partial charge in [0.1, 0.15) is 0 Å². The van der Waals surface area contributed by atoms with Crippen molar-refractivity contribution in [3.63, 3.8) is 0 Å². The Labute approximate surface area is 74.3 Å². The minimum atomic E-state index is -0.490. The van der Waals surface area contributed by atoms with Gasteiger partial charge in [-0.1, -0.05) is 5.92 Å². The largest absolute Gasteiger partial charge is 0.371 e. The lowest BCUT2D eigenvalue weighted by Crippen LogP contribution is -2.23. The zero-order valence-corrected chi connectivity index (χ0v) is 7.03. The summed E-state index contributed by atoms with van der Waals surface area (Å²) in [4.78, 5) is 22.0. The fraction of sp³-hybridized carbons (Fsp3) is 0.250. The molecule has 0 aliphatic rings. The van der Waals surface area contributed by atoms with Gasteiger partial charge in [0, 0.05) is 7.05 Å². The first kappa shape index (κ1) is 9.13. The number of rotatable bonds is 2. The van der Waals surface area contributed by atoms with Crippen LogP contribution in [0, 0.1) is 12.3 Å². The highest BCUT2D eigenvalue weighted by Gasteiger charge is 2.11. The van der Waals surface area contributed by atoms with Crippen molar-refractivity contribution in [3.05, 3.63) is 22.2 Å². The number of aryl methyl sites for hydroxylation is 1. The molecule has 0 bridgehead atoms. The van der Waals surface area contributed by atoms with Crippen molar-refractivity contribution >= 4 is 5.91 Å². The molecule has 5 nitrogen and oxygen atoms in total. The molecule has 0 aromatic carbocycles. The highest BCUT2D eigenvalue weighted by Crippen LogP contribution is 1.93. The molecule has 5 heteroatoms. The van der Waals surface area contributed by atoms with Gasteiger partial charge in [0.2, 0.25) is 5.76 Å². The van der Waals surface area contributed by atoms with E-state index in [-0.39, 0.29) is 17.9 Å². The van der Waals surface area contributed by atoms with E-state index in [1.807, 2.05) is 0 Å². The molecule has 68 valence electrons. The number of nitrogens with one attached hydrogen (secondary N) is 1. The van der Waals surface area contributed by atoms with E-state index in [2.05, 4.69) is 11.2 Å². The minimum absolute atomic E-state index is 0.0391. The molecule has 0 atom stereocenters. The number of terminal acetylenes is 1. The summed E-state index contributed by atoms with van der Waals surface area (Å²) in [5.74, 6) is 1.70. The molecule has 13 heavy (non-hydrogen) atoms. The van der Waals surface area contributed by atoms with E-state index in [1.54, 1.807) is 0 Å². The summed E-state index contributed by atoms with van der Waals surface area (Å²) < 4.78 is 5.76. The molecule has 1 rings (SSSR count). The number of hydrogen-bond donors (Lipinski definition) is 1. The molecular weight excluding hydrogens is 172 g/mol. The van der Waals surface area contributed by atoms with E-state index < -0.39 is 5.91 Å². The number of hydrogen-bond acceptors (Lipinski definition) is 3. The third kappa shape index (κ3) is 1.99. The first-order chi connectivity index (χ1) is 6.15. The van der Waals surface area contributed by atoms with Crippen LogP contribution in [0.2, 0.25) is 0 Å². The maximum atomic E-state index is 11.1. The van der Waals surface area contributed by atoms with Gasteiger partial charge in [0.25, 0.3) is 11.5 Å². The van der Waals surface area contributed by atoms with Gasteiger partial charge in [-0.25, -0.2) is 0 Å². The van der Waals surface area contributed by atoms with Crippen molar-refractivity contribution in [1.29, 1.82) is 0 Å². The monoisotopic (exact) mass is 180 g/mol. The zero-order chi connectivity index (χ0) is 9.84. The lowest BCUT2D eigenvalue weighted by molar-refractivity contribution is 0.0909. The Hall–Kier alpha value is -1.96. The Morgan fingerprint density at radius 1 is 1.85 bits per heavy atom. The Balaban J connectivity index is 2.79. The van der Waals surface area contributed by atoms with Crippen LogP contribution in [0.5, 0.6) is 0 Å². The quantitative estimate of drug-likeness (QED) is 0.614. The molecule has 0 saturated heterocycles. The summed E-state index contributed by atoms with van der Waals surface area (Å²) in [6.07, 6.45) is 4.93. The molecule has 0 fully saturated rings. The number of carbonyl (C=O) groups is 1. The average molecular weight is 180 g/mol. The minimum Gasteiger partial charge on any atom is -0.371 e. The molecule has 0 aliphatic carbocycles. The van der Waals surface area contributed by atoms with Gasteiger partial charge >= 0.3 is 0 Å². The number of amides is 1. The summed E-state index contributed by atoms with van der Waals surface area (Å²) >= 11 is 0. The second kappa shape index (κ2) is 3.63. The van der Waals surface area contributed by atoms with E-state index in [1.165, 1.54) is 7.05 Å². The summed E-state index contributed by atoms with van der Waals surface area (Å²) in [7, 11) is 1.42. The molecule has 0 saturated carbocycles. The molecule has 1 aromatic rings. The Bertz CT molecular complexity index is 408. The number of nitrogens with zero attached hydrogens (tertiary/aromatic N) is 1. The van der Waals surface area contributed by atoms with Crippen LogP contribution in [0.25, 0.3) is 0 Å². The van der Waals surface area contributed by atoms with Crippen LogP contribution < -0.4 is 10.9 Å². The van der Waals surface area contributed by atoms with Gasteiger partial charge in [-0.15, -0.1) is 6.42 Å². The lowest BCUT2D eigenvalue weighted by Gasteiger charge is -1.94. The van der Waals surface area contributed by atoms with Crippen molar-refractivity contribution in [1.82, 2.24) is 10.1 Å². The molecule has 0 unspecified atom stereocenters. The van der Waals surface area contributed by atoms with E-state index in [0.717, 1.165) is 10.8 Å². The van der Waals surface area contributed by atoms with E-state index in [4.69, 9.17) is 10.9 Å². The highest BCUT2D eigenvalue weighted by molar-refractivity contribution is 5.91. The van der Waals surface area contributed by atoms with E-state index >= 15 is 0 Å². The smallest absolute Gasteiger partial charge is 0.290 e. The average Bonchev–Trinajstić information content (AvgIpc) is 2.43. The highest BCUT2D eigenvalue weighted by atomic mass is 16.5. The van der Waals surface area contributed by atoms with Crippen molar-refractivity contribution in [2.75, 3.05) is 6.54 Å². The van der Waals surface area contributed by atoms with Crippen LogP contribution in [0.1, 0.15) is 10.6 Å². The lowest BCUT2D eigenvalue weighted by atomic mass is 10.4. The van der Waals surface area contributed by atoms with Gasteiger partial charge in [0.15, 0.2) is 0 Å². The molecular formula is C8H8N2O3. The van der Waals surface area contributed by atoms with Gasteiger partial charge in [-0.2, -0.15) is 4.74 Å². The van der Waals surface area contributed by atoms with Gasteiger partial charge in [0.05, 0.1) is 12.6 Å².